The highest BCUT2D eigenvalue weighted by molar-refractivity contribution is 6.10. The molecule has 148 valence electrons. The standard InChI is InChI=1S/C21H25N3O4/c1-3-14(2)19(21(27)28)22-13-18(25)24-17-12-8-7-11-16(17)20(26)23-15-9-5-4-6-10-15/h4-12,14,19,22H,3,13H2,1-2H3,(H,23,26)(H,24,25)(H,27,28)/t14-,19-/m0/s1. The first kappa shape index (κ1) is 21.1. The maximum Gasteiger partial charge on any atom is 0.320 e. The van der Waals surface area contributed by atoms with Crippen molar-refractivity contribution in [1.82, 2.24) is 5.32 Å². The second-order valence-electron chi connectivity index (χ2n) is 6.50. The maximum atomic E-state index is 12.5. The van der Waals surface area contributed by atoms with Gasteiger partial charge in [-0.25, -0.2) is 0 Å². The van der Waals surface area contributed by atoms with Crippen LogP contribution >= 0.6 is 0 Å². The maximum absolute atomic E-state index is 12.5. The van der Waals surface area contributed by atoms with Crippen LogP contribution in [0.2, 0.25) is 0 Å². The Labute approximate surface area is 164 Å². The van der Waals surface area contributed by atoms with Crippen LogP contribution in [0.15, 0.2) is 54.6 Å². The largest absolute Gasteiger partial charge is 0.480 e. The van der Waals surface area contributed by atoms with E-state index in [4.69, 9.17) is 0 Å². The molecule has 7 heteroatoms. The van der Waals surface area contributed by atoms with Gasteiger partial charge in [-0.05, 0) is 30.2 Å². The van der Waals surface area contributed by atoms with Crippen LogP contribution in [0, 0.1) is 5.92 Å². The highest BCUT2D eigenvalue weighted by atomic mass is 16.4. The van der Waals surface area contributed by atoms with Gasteiger partial charge < -0.3 is 15.7 Å². The van der Waals surface area contributed by atoms with E-state index >= 15 is 0 Å². The Morgan fingerprint density at radius 3 is 2.25 bits per heavy atom. The Hall–Kier alpha value is -3.19. The third kappa shape index (κ3) is 5.92. The second-order valence-corrected chi connectivity index (χ2v) is 6.50. The topological polar surface area (TPSA) is 108 Å². The van der Waals surface area contributed by atoms with Crippen LogP contribution in [0.3, 0.4) is 0 Å². The van der Waals surface area contributed by atoms with Crippen molar-refractivity contribution in [3.8, 4) is 0 Å². The minimum atomic E-state index is -0.996. The van der Waals surface area contributed by atoms with Gasteiger partial charge in [0.05, 0.1) is 17.8 Å². The van der Waals surface area contributed by atoms with E-state index in [0.29, 0.717) is 23.4 Å². The number of amides is 2. The van der Waals surface area contributed by atoms with E-state index in [0.717, 1.165) is 0 Å². The summed E-state index contributed by atoms with van der Waals surface area (Å²) in [5, 5.41) is 17.5. The normalized spacial score (nSPS) is 12.6. The fourth-order valence-electron chi connectivity index (χ4n) is 2.67. The van der Waals surface area contributed by atoms with Gasteiger partial charge in [0, 0.05) is 5.69 Å². The van der Waals surface area contributed by atoms with E-state index in [2.05, 4.69) is 16.0 Å². The number of rotatable bonds is 9. The molecule has 0 bridgehead atoms. The smallest absolute Gasteiger partial charge is 0.320 e. The number of nitrogens with one attached hydrogen (secondary N) is 3. The predicted molar refractivity (Wildman–Crippen MR) is 108 cm³/mol. The first-order valence-corrected chi connectivity index (χ1v) is 9.13. The van der Waals surface area contributed by atoms with Gasteiger partial charge in [0.15, 0.2) is 0 Å². The Morgan fingerprint density at radius 1 is 0.964 bits per heavy atom. The predicted octanol–water partition coefficient (Wildman–Crippen LogP) is 2.97. The summed E-state index contributed by atoms with van der Waals surface area (Å²) in [6, 6.07) is 14.8. The van der Waals surface area contributed by atoms with Crippen LogP contribution in [0.1, 0.15) is 30.6 Å². The molecular weight excluding hydrogens is 358 g/mol. The van der Waals surface area contributed by atoms with Gasteiger partial charge in [-0.2, -0.15) is 0 Å². The molecule has 0 spiro atoms. The van der Waals surface area contributed by atoms with Crippen LogP contribution in [0.5, 0.6) is 0 Å². The van der Waals surface area contributed by atoms with Crippen molar-refractivity contribution in [2.24, 2.45) is 5.92 Å². The third-order valence-electron chi connectivity index (χ3n) is 4.44. The van der Waals surface area contributed by atoms with Crippen molar-refractivity contribution in [3.63, 3.8) is 0 Å². The summed E-state index contributed by atoms with van der Waals surface area (Å²) in [4.78, 5) is 36.2. The lowest BCUT2D eigenvalue weighted by Crippen LogP contribution is -2.45. The van der Waals surface area contributed by atoms with Gasteiger partial charge in [-0.3, -0.25) is 19.7 Å². The van der Waals surface area contributed by atoms with Crippen LogP contribution in [0.25, 0.3) is 0 Å². The van der Waals surface area contributed by atoms with Gasteiger partial charge in [-0.1, -0.05) is 50.6 Å². The monoisotopic (exact) mass is 383 g/mol. The fraction of sp³-hybridized carbons (Fsp3) is 0.286. The van der Waals surface area contributed by atoms with E-state index < -0.39 is 17.9 Å². The lowest BCUT2D eigenvalue weighted by molar-refractivity contribution is -0.140. The average Bonchev–Trinajstić information content (AvgIpc) is 2.68. The molecule has 4 N–H and O–H groups in total. The molecule has 0 aliphatic rings. The molecule has 0 aliphatic heterocycles. The van der Waals surface area contributed by atoms with Crippen molar-refractivity contribution in [2.45, 2.75) is 26.3 Å². The van der Waals surface area contributed by atoms with E-state index in [9.17, 15) is 19.5 Å². The summed E-state index contributed by atoms with van der Waals surface area (Å²) in [5.41, 5.74) is 1.32. The molecule has 2 rings (SSSR count). The van der Waals surface area contributed by atoms with E-state index in [1.54, 1.807) is 36.4 Å². The number of aliphatic carboxylic acids is 1. The molecular formula is C21H25N3O4. The number of benzene rings is 2. The molecule has 2 aromatic rings. The van der Waals surface area contributed by atoms with Crippen molar-refractivity contribution in [1.29, 1.82) is 0 Å². The molecule has 7 nitrogen and oxygen atoms in total. The number of carbonyl (C=O) groups excluding carboxylic acids is 2. The molecule has 28 heavy (non-hydrogen) atoms. The van der Waals surface area contributed by atoms with E-state index in [-0.39, 0.29) is 18.4 Å². The first-order valence-electron chi connectivity index (χ1n) is 9.13. The van der Waals surface area contributed by atoms with Crippen LogP contribution in [0.4, 0.5) is 11.4 Å². The Morgan fingerprint density at radius 2 is 1.61 bits per heavy atom. The van der Waals surface area contributed by atoms with Crippen molar-refractivity contribution >= 4 is 29.2 Å². The van der Waals surface area contributed by atoms with Gasteiger partial charge in [0.2, 0.25) is 5.91 Å². The van der Waals surface area contributed by atoms with Gasteiger partial charge in [-0.15, -0.1) is 0 Å². The minimum Gasteiger partial charge on any atom is -0.480 e. The third-order valence-corrected chi connectivity index (χ3v) is 4.44. The zero-order valence-electron chi connectivity index (χ0n) is 15.9. The first-order chi connectivity index (χ1) is 13.4. The molecule has 0 heterocycles. The molecule has 2 atom stereocenters. The Bertz CT molecular complexity index is 823. The van der Waals surface area contributed by atoms with Gasteiger partial charge in [0.1, 0.15) is 6.04 Å². The lowest BCUT2D eigenvalue weighted by Gasteiger charge is -2.20. The van der Waals surface area contributed by atoms with Gasteiger partial charge >= 0.3 is 5.97 Å². The molecule has 0 aromatic heterocycles. The number of carboxylic acids is 1. The molecule has 0 unspecified atom stereocenters. The number of para-hydroxylation sites is 2. The number of hydrogen-bond acceptors (Lipinski definition) is 4. The molecule has 0 saturated carbocycles. The Kier molecular flexibility index (Phi) is 7.71. The minimum absolute atomic E-state index is 0.116. The molecule has 0 radical (unpaired) electrons. The van der Waals surface area contributed by atoms with Gasteiger partial charge in [0.25, 0.3) is 5.91 Å². The number of anilines is 2. The van der Waals surface area contributed by atoms with Crippen LogP contribution in [-0.4, -0.2) is 35.5 Å². The van der Waals surface area contributed by atoms with Crippen LogP contribution in [-0.2, 0) is 9.59 Å². The highest BCUT2D eigenvalue weighted by Gasteiger charge is 2.23. The number of carboxylic acid groups (broad SMARTS) is 1. The quantitative estimate of drug-likeness (QED) is 0.532. The molecule has 0 saturated heterocycles. The molecule has 0 fully saturated rings. The Balaban J connectivity index is 2.03. The second kappa shape index (κ2) is 10.2. The number of carbonyl (C=O) groups is 3. The summed E-state index contributed by atoms with van der Waals surface area (Å²) in [6.45, 7) is 3.53. The summed E-state index contributed by atoms with van der Waals surface area (Å²) in [6.07, 6.45) is 0.675. The van der Waals surface area contributed by atoms with Crippen molar-refractivity contribution in [3.05, 3.63) is 60.2 Å². The molecule has 2 aromatic carbocycles. The average molecular weight is 383 g/mol. The van der Waals surface area contributed by atoms with E-state index in [1.165, 1.54) is 0 Å². The number of hydrogen-bond donors (Lipinski definition) is 4. The molecule has 2 amide bonds. The zero-order valence-corrected chi connectivity index (χ0v) is 15.9. The highest BCUT2D eigenvalue weighted by Crippen LogP contribution is 2.17. The fourth-order valence-corrected chi connectivity index (χ4v) is 2.67. The molecule has 0 aliphatic carbocycles. The van der Waals surface area contributed by atoms with Crippen LogP contribution < -0.4 is 16.0 Å². The van der Waals surface area contributed by atoms with Crippen molar-refractivity contribution in [2.75, 3.05) is 17.2 Å². The van der Waals surface area contributed by atoms with E-state index in [1.807, 2.05) is 32.0 Å². The lowest BCUT2D eigenvalue weighted by atomic mass is 9.99. The zero-order chi connectivity index (χ0) is 20.5. The summed E-state index contributed by atoms with van der Waals surface area (Å²) >= 11 is 0. The van der Waals surface area contributed by atoms with Crippen molar-refractivity contribution < 1.29 is 19.5 Å². The summed E-state index contributed by atoms with van der Waals surface area (Å²) in [7, 11) is 0. The summed E-state index contributed by atoms with van der Waals surface area (Å²) in [5.74, 6) is -1.88. The summed E-state index contributed by atoms with van der Waals surface area (Å²) < 4.78 is 0. The SMILES string of the molecule is CC[C@H](C)[C@H](NCC(=O)Nc1ccccc1C(=O)Nc1ccccc1)C(=O)O.